The van der Waals surface area contributed by atoms with Crippen LogP contribution in [-0.4, -0.2) is 12.2 Å². The Morgan fingerprint density at radius 3 is 2.25 bits per heavy atom. The summed E-state index contributed by atoms with van der Waals surface area (Å²) in [6, 6.07) is 9.08. The van der Waals surface area contributed by atoms with Crippen molar-refractivity contribution in [2.45, 2.75) is 0 Å². The van der Waals surface area contributed by atoms with E-state index in [1.807, 2.05) is 0 Å². The van der Waals surface area contributed by atoms with Crippen LogP contribution in [0.25, 0.3) is 0 Å². The van der Waals surface area contributed by atoms with Gasteiger partial charge in [-0.2, -0.15) is 5.10 Å². The SMILES string of the molecule is O=C([O-])c1ccc(N/N=C\c2c(F)cccc2F)cc1. The summed E-state index contributed by atoms with van der Waals surface area (Å²) in [7, 11) is 0. The first-order chi connectivity index (χ1) is 9.58. The van der Waals surface area contributed by atoms with Gasteiger partial charge in [0.25, 0.3) is 0 Å². The van der Waals surface area contributed by atoms with E-state index >= 15 is 0 Å². The Morgan fingerprint density at radius 1 is 1.10 bits per heavy atom. The molecule has 0 radical (unpaired) electrons. The van der Waals surface area contributed by atoms with Crippen LogP contribution in [0, 0.1) is 11.6 Å². The van der Waals surface area contributed by atoms with Gasteiger partial charge in [0.1, 0.15) is 11.6 Å². The number of carboxylic acid groups (broad SMARTS) is 1. The van der Waals surface area contributed by atoms with E-state index in [0.29, 0.717) is 5.69 Å². The van der Waals surface area contributed by atoms with Gasteiger partial charge in [-0.1, -0.05) is 18.2 Å². The zero-order valence-corrected chi connectivity index (χ0v) is 10.1. The molecule has 2 aromatic carbocycles. The summed E-state index contributed by atoms with van der Waals surface area (Å²) in [5.41, 5.74) is 2.78. The van der Waals surface area contributed by atoms with Crippen molar-refractivity contribution < 1.29 is 18.7 Å². The summed E-state index contributed by atoms with van der Waals surface area (Å²) >= 11 is 0. The predicted molar refractivity (Wildman–Crippen MR) is 68.3 cm³/mol. The van der Waals surface area contributed by atoms with Crippen LogP contribution in [0.1, 0.15) is 15.9 Å². The number of rotatable bonds is 4. The zero-order valence-electron chi connectivity index (χ0n) is 10.1. The second-order valence-corrected chi connectivity index (χ2v) is 3.87. The number of carbonyl (C=O) groups is 1. The molecule has 0 aliphatic heterocycles. The topological polar surface area (TPSA) is 64.5 Å². The quantitative estimate of drug-likeness (QED) is 0.683. The fourth-order valence-electron chi connectivity index (χ4n) is 1.49. The minimum atomic E-state index is -1.28. The molecule has 2 rings (SSSR count). The smallest absolute Gasteiger partial charge is 0.134 e. The largest absolute Gasteiger partial charge is 0.545 e. The van der Waals surface area contributed by atoms with Crippen LogP contribution in [0.3, 0.4) is 0 Å². The van der Waals surface area contributed by atoms with E-state index in [9.17, 15) is 18.7 Å². The summed E-state index contributed by atoms with van der Waals surface area (Å²) in [5, 5.41) is 14.2. The van der Waals surface area contributed by atoms with Gasteiger partial charge in [-0.05, 0) is 29.8 Å². The monoisotopic (exact) mass is 275 g/mol. The minimum absolute atomic E-state index is 0.0275. The normalized spacial score (nSPS) is 10.7. The van der Waals surface area contributed by atoms with Gasteiger partial charge in [-0.25, -0.2) is 8.78 Å². The van der Waals surface area contributed by atoms with Crippen molar-refractivity contribution in [2.24, 2.45) is 5.10 Å². The van der Waals surface area contributed by atoms with Crippen LogP contribution in [-0.2, 0) is 0 Å². The predicted octanol–water partition coefficient (Wildman–Crippen LogP) is 1.77. The Hall–Kier alpha value is -2.76. The maximum atomic E-state index is 13.3. The first-order valence-corrected chi connectivity index (χ1v) is 5.62. The number of hydrogen-bond acceptors (Lipinski definition) is 4. The van der Waals surface area contributed by atoms with Crippen molar-refractivity contribution in [3.63, 3.8) is 0 Å². The molecular formula is C14H9F2N2O2-. The highest BCUT2D eigenvalue weighted by Crippen LogP contribution is 2.11. The summed E-state index contributed by atoms with van der Waals surface area (Å²) in [6.45, 7) is 0. The van der Waals surface area contributed by atoms with E-state index in [0.717, 1.165) is 18.3 Å². The van der Waals surface area contributed by atoms with Gasteiger partial charge in [0.2, 0.25) is 0 Å². The summed E-state index contributed by atoms with van der Waals surface area (Å²) in [5.74, 6) is -2.72. The molecule has 1 N–H and O–H groups in total. The van der Waals surface area contributed by atoms with Crippen LogP contribution in [0.4, 0.5) is 14.5 Å². The van der Waals surface area contributed by atoms with Crippen LogP contribution in [0.15, 0.2) is 47.6 Å². The Bertz CT molecular complexity index is 634. The molecule has 0 aliphatic rings. The summed E-state index contributed by atoms with van der Waals surface area (Å²) < 4.78 is 26.6. The van der Waals surface area contributed by atoms with Crippen molar-refractivity contribution in [1.29, 1.82) is 0 Å². The fraction of sp³-hybridized carbons (Fsp3) is 0. The third-order valence-electron chi connectivity index (χ3n) is 2.51. The summed E-state index contributed by atoms with van der Waals surface area (Å²) in [4.78, 5) is 10.5. The third-order valence-corrected chi connectivity index (χ3v) is 2.51. The lowest BCUT2D eigenvalue weighted by Crippen LogP contribution is -2.21. The second kappa shape index (κ2) is 5.92. The van der Waals surface area contributed by atoms with E-state index in [2.05, 4.69) is 10.5 Å². The standard InChI is InChI=1S/C14H10F2N2O2/c15-12-2-1-3-13(16)11(12)8-17-18-10-6-4-9(5-7-10)14(19)20/h1-8,18H,(H,19,20)/p-1/b17-8-. The van der Waals surface area contributed by atoms with Gasteiger partial charge in [-0.15, -0.1) is 0 Å². The molecule has 20 heavy (non-hydrogen) atoms. The van der Waals surface area contributed by atoms with Crippen LogP contribution < -0.4 is 10.5 Å². The third kappa shape index (κ3) is 3.17. The number of aromatic carboxylic acids is 1. The molecule has 6 heteroatoms. The zero-order chi connectivity index (χ0) is 14.5. The van der Waals surface area contributed by atoms with Crippen LogP contribution in [0.2, 0.25) is 0 Å². The second-order valence-electron chi connectivity index (χ2n) is 3.87. The molecule has 0 unspecified atom stereocenters. The Morgan fingerprint density at radius 2 is 1.70 bits per heavy atom. The summed E-state index contributed by atoms with van der Waals surface area (Å²) in [6.07, 6.45) is 1.01. The molecule has 0 fully saturated rings. The molecule has 0 atom stereocenters. The molecule has 102 valence electrons. The van der Waals surface area contributed by atoms with Gasteiger partial charge >= 0.3 is 0 Å². The number of halogens is 2. The average molecular weight is 275 g/mol. The Balaban J connectivity index is 2.08. The molecule has 0 bridgehead atoms. The van der Waals surface area contributed by atoms with Gasteiger partial charge in [0.15, 0.2) is 0 Å². The first kappa shape index (κ1) is 13.7. The number of carboxylic acids is 1. The lowest BCUT2D eigenvalue weighted by Gasteiger charge is -2.04. The highest BCUT2D eigenvalue weighted by molar-refractivity contribution is 5.86. The fourth-order valence-corrected chi connectivity index (χ4v) is 1.49. The number of nitrogens with zero attached hydrogens (tertiary/aromatic N) is 1. The number of hydrogen-bond donors (Lipinski definition) is 1. The number of anilines is 1. The van der Waals surface area contributed by atoms with Crippen molar-refractivity contribution in [3.05, 3.63) is 65.2 Å². The lowest BCUT2D eigenvalue weighted by atomic mass is 10.2. The van der Waals surface area contributed by atoms with Crippen LogP contribution in [0.5, 0.6) is 0 Å². The van der Waals surface area contributed by atoms with Crippen molar-refractivity contribution in [2.75, 3.05) is 5.43 Å². The van der Waals surface area contributed by atoms with Gasteiger partial charge < -0.3 is 9.90 Å². The molecule has 2 aromatic rings. The van der Waals surface area contributed by atoms with E-state index in [-0.39, 0.29) is 11.1 Å². The molecular weight excluding hydrogens is 266 g/mol. The number of carbonyl (C=O) groups excluding carboxylic acids is 1. The first-order valence-electron chi connectivity index (χ1n) is 5.62. The van der Waals surface area contributed by atoms with Gasteiger partial charge in [-0.3, -0.25) is 5.43 Å². The lowest BCUT2D eigenvalue weighted by molar-refractivity contribution is -0.255. The molecule has 0 saturated carbocycles. The van der Waals surface area contributed by atoms with E-state index < -0.39 is 17.6 Å². The Labute approximate surface area is 113 Å². The van der Waals surface area contributed by atoms with Gasteiger partial charge in [0, 0.05) is 0 Å². The molecule has 0 aromatic heterocycles. The maximum absolute atomic E-state index is 13.3. The van der Waals surface area contributed by atoms with Gasteiger partial charge in [0.05, 0.1) is 23.4 Å². The number of hydrazone groups is 1. The molecule has 0 amide bonds. The highest BCUT2D eigenvalue weighted by Gasteiger charge is 2.04. The van der Waals surface area contributed by atoms with E-state index in [1.165, 1.54) is 30.3 Å². The number of nitrogens with one attached hydrogen (secondary N) is 1. The maximum Gasteiger partial charge on any atom is 0.134 e. The number of benzene rings is 2. The molecule has 0 spiro atoms. The van der Waals surface area contributed by atoms with Crippen molar-refractivity contribution in [1.82, 2.24) is 0 Å². The average Bonchev–Trinajstić information content (AvgIpc) is 2.42. The Kier molecular flexibility index (Phi) is 4.05. The molecule has 0 aliphatic carbocycles. The van der Waals surface area contributed by atoms with Crippen LogP contribution >= 0.6 is 0 Å². The highest BCUT2D eigenvalue weighted by atomic mass is 19.1. The molecule has 4 nitrogen and oxygen atoms in total. The van der Waals surface area contributed by atoms with Crippen molar-refractivity contribution >= 4 is 17.9 Å². The molecule has 0 heterocycles. The minimum Gasteiger partial charge on any atom is -0.545 e. The van der Waals surface area contributed by atoms with E-state index in [4.69, 9.17) is 0 Å². The van der Waals surface area contributed by atoms with Crippen molar-refractivity contribution in [3.8, 4) is 0 Å². The van der Waals surface area contributed by atoms with E-state index in [1.54, 1.807) is 0 Å². The molecule has 0 saturated heterocycles.